The monoisotopic (exact) mass is 215 g/mol. The van der Waals surface area contributed by atoms with Crippen molar-refractivity contribution in [1.29, 1.82) is 0 Å². The molecule has 1 aliphatic rings. The first-order chi connectivity index (χ1) is 6.25. The second-order valence-electron chi connectivity index (χ2n) is 3.84. The molecule has 0 spiro atoms. The Kier molecular flexibility index (Phi) is 2.92. The van der Waals surface area contributed by atoms with E-state index in [1.165, 1.54) is 11.3 Å². The van der Waals surface area contributed by atoms with E-state index in [0.29, 0.717) is 0 Å². The molecular formula is C10H14ClNS. The molecule has 13 heavy (non-hydrogen) atoms. The number of halogens is 1. The number of hydrogen-bond donors (Lipinski definition) is 1. The van der Waals surface area contributed by atoms with Crippen LogP contribution in [0.15, 0.2) is 11.4 Å². The first-order valence-corrected chi connectivity index (χ1v) is 5.95. The molecule has 1 N–H and O–H groups in total. The van der Waals surface area contributed by atoms with E-state index < -0.39 is 0 Å². The second-order valence-corrected chi connectivity index (χ2v) is 5.27. The molecule has 72 valence electrons. The zero-order valence-corrected chi connectivity index (χ0v) is 9.29. The van der Waals surface area contributed by atoms with Crippen molar-refractivity contribution in [2.75, 3.05) is 6.54 Å². The predicted octanol–water partition coefficient (Wildman–Crippen LogP) is 3.15. The van der Waals surface area contributed by atoms with Crippen molar-refractivity contribution in [3.05, 3.63) is 21.3 Å². The first-order valence-electron chi connectivity index (χ1n) is 4.69. The van der Waals surface area contributed by atoms with Gasteiger partial charge >= 0.3 is 0 Å². The molecule has 0 bridgehead atoms. The normalized spacial score (nSPS) is 26.3. The molecule has 1 heterocycles. The summed E-state index contributed by atoms with van der Waals surface area (Å²) < 4.78 is 0. The maximum atomic E-state index is 5.82. The maximum absolute atomic E-state index is 5.82. The van der Waals surface area contributed by atoms with E-state index in [1.807, 2.05) is 11.4 Å². The Balaban J connectivity index is 1.68. The van der Waals surface area contributed by atoms with Crippen molar-refractivity contribution >= 4 is 22.9 Å². The number of hydrogen-bond acceptors (Lipinski definition) is 2. The van der Waals surface area contributed by atoms with E-state index in [-0.39, 0.29) is 0 Å². The molecule has 0 amide bonds. The highest BCUT2D eigenvalue weighted by Crippen LogP contribution is 2.36. The largest absolute Gasteiger partial charge is 0.312 e. The van der Waals surface area contributed by atoms with Crippen molar-refractivity contribution in [3.63, 3.8) is 0 Å². The lowest BCUT2D eigenvalue weighted by atomic mass is 10.3. The van der Waals surface area contributed by atoms with Crippen LogP contribution in [-0.2, 0) is 6.54 Å². The van der Waals surface area contributed by atoms with Gasteiger partial charge in [0.15, 0.2) is 0 Å². The van der Waals surface area contributed by atoms with Gasteiger partial charge in [0, 0.05) is 16.8 Å². The molecule has 1 aliphatic carbocycles. The van der Waals surface area contributed by atoms with E-state index >= 15 is 0 Å². The van der Waals surface area contributed by atoms with Crippen LogP contribution < -0.4 is 5.32 Å². The summed E-state index contributed by atoms with van der Waals surface area (Å²) in [6.07, 6.45) is 1.40. The minimum absolute atomic E-state index is 0.863. The van der Waals surface area contributed by atoms with Gasteiger partial charge in [-0.3, -0.25) is 0 Å². The van der Waals surface area contributed by atoms with Crippen LogP contribution in [0.4, 0.5) is 0 Å². The third kappa shape index (κ3) is 2.70. The molecule has 1 nitrogen and oxygen atoms in total. The predicted molar refractivity (Wildman–Crippen MR) is 58.3 cm³/mol. The smallest absolute Gasteiger partial charge is 0.0516 e. The molecule has 1 fully saturated rings. The van der Waals surface area contributed by atoms with Gasteiger partial charge in [-0.2, -0.15) is 0 Å². The van der Waals surface area contributed by atoms with Crippen molar-refractivity contribution in [2.45, 2.75) is 19.9 Å². The Labute approximate surface area is 88.1 Å². The summed E-state index contributed by atoms with van der Waals surface area (Å²) in [5, 5.41) is 6.31. The lowest BCUT2D eigenvalue weighted by Gasteiger charge is -2.00. The summed E-state index contributed by atoms with van der Waals surface area (Å²) in [5.74, 6) is 1.87. The summed E-state index contributed by atoms with van der Waals surface area (Å²) in [6.45, 7) is 4.45. The van der Waals surface area contributed by atoms with Crippen molar-refractivity contribution in [1.82, 2.24) is 5.32 Å². The lowest BCUT2D eigenvalue weighted by Crippen LogP contribution is -2.15. The fraction of sp³-hybridized carbons (Fsp3) is 0.600. The Morgan fingerprint density at radius 3 is 3.00 bits per heavy atom. The Morgan fingerprint density at radius 2 is 2.46 bits per heavy atom. The molecule has 2 rings (SSSR count). The molecule has 2 unspecified atom stereocenters. The number of thiophene rings is 1. The molecule has 0 aromatic carbocycles. The molecule has 0 saturated heterocycles. The average molecular weight is 216 g/mol. The molecular weight excluding hydrogens is 202 g/mol. The van der Waals surface area contributed by atoms with Crippen molar-refractivity contribution in [3.8, 4) is 0 Å². The maximum Gasteiger partial charge on any atom is 0.0516 e. The van der Waals surface area contributed by atoms with Gasteiger partial charge in [-0.1, -0.05) is 18.5 Å². The summed E-state index contributed by atoms with van der Waals surface area (Å²) in [4.78, 5) is 1.33. The van der Waals surface area contributed by atoms with Gasteiger partial charge in [-0.05, 0) is 30.9 Å². The minimum atomic E-state index is 0.863. The zero-order valence-electron chi connectivity index (χ0n) is 7.72. The van der Waals surface area contributed by atoms with Crippen molar-refractivity contribution in [2.24, 2.45) is 11.8 Å². The van der Waals surface area contributed by atoms with Gasteiger partial charge in [-0.15, -0.1) is 11.3 Å². The highest BCUT2D eigenvalue weighted by atomic mass is 35.5. The molecule has 1 aromatic heterocycles. The van der Waals surface area contributed by atoms with E-state index in [2.05, 4.69) is 12.2 Å². The zero-order chi connectivity index (χ0) is 9.26. The second kappa shape index (κ2) is 3.99. The SMILES string of the molecule is CC1CC1CNCc1cc(Cl)cs1. The van der Waals surface area contributed by atoms with Gasteiger partial charge in [0.05, 0.1) is 5.02 Å². The van der Waals surface area contributed by atoms with Crippen LogP contribution in [0.25, 0.3) is 0 Å². The van der Waals surface area contributed by atoms with Crippen LogP contribution in [0.2, 0.25) is 5.02 Å². The van der Waals surface area contributed by atoms with Gasteiger partial charge in [0.25, 0.3) is 0 Å². The number of rotatable bonds is 4. The average Bonchev–Trinajstić information content (AvgIpc) is 2.60. The summed E-state index contributed by atoms with van der Waals surface area (Å²) >= 11 is 7.55. The standard InChI is InChI=1S/C10H14ClNS/c1-7-2-8(7)4-12-5-10-3-9(11)6-13-10/h3,6-8,12H,2,4-5H2,1H3. The van der Waals surface area contributed by atoms with Crippen LogP contribution in [0, 0.1) is 11.8 Å². The molecule has 1 saturated carbocycles. The Morgan fingerprint density at radius 1 is 1.69 bits per heavy atom. The van der Waals surface area contributed by atoms with Crippen LogP contribution in [0.1, 0.15) is 18.2 Å². The van der Waals surface area contributed by atoms with E-state index in [9.17, 15) is 0 Å². The summed E-state index contributed by atoms with van der Waals surface area (Å²) in [6, 6.07) is 2.04. The molecule has 2 atom stereocenters. The minimum Gasteiger partial charge on any atom is -0.312 e. The van der Waals surface area contributed by atoms with Crippen molar-refractivity contribution < 1.29 is 0 Å². The third-order valence-electron chi connectivity index (χ3n) is 2.60. The summed E-state index contributed by atoms with van der Waals surface area (Å²) in [7, 11) is 0. The van der Waals surface area contributed by atoms with E-state index in [0.717, 1.165) is 29.9 Å². The van der Waals surface area contributed by atoms with Crippen LogP contribution >= 0.6 is 22.9 Å². The van der Waals surface area contributed by atoms with E-state index in [4.69, 9.17) is 11.6 Å². The van der Waals surface area contributed by atoms with Gasteiger partial charge in [0.2, 0.25) is 0 Å². The number of nitrogens with one attached hydrogen (secondary N) is 1. The van der Waals surface area contributed by atoms with Crippen LogP contribution in [0.3, 0.4) is 0 Å². The Bertz CT molecular complexity index is 284. The molecule has 1 aromatic rings. The molecule has 0 radical (unpaired) electrons. The quantitative estimate of drug-likeness (QED) is 0.814. The fourth-order valence-corrected chi connectivity index (χ4v) is 2.55. The van der Waals surface area contributed by atoms with Gasteiger partial charge < -0.3 is 5.32 Å². The van der Waals surface area contributed by atoms with Gasteiger partial charge in [-0.25, -0.2) is 0 Å². The van der Waals surface area contributed by atoms with Gasteiger partial charge in [0.1, 0.15) is 0 Å². The third-order valence-corrected chi connectivity index (χ3v) is 3.89. The first kappa shape index (κ1) is 9.50. The van der Waals surface area contributed by atoms with E-state index in [1.54, 1.807) is 11.3 Å². The Hall–Kier alpha value is -0.0500. The van der Waals surface area contributed by atoms with Crippen LogP contribution in [-0.4, -0.2) is 6.54 Å². The molecule has 0 aliphatic heterocycles. The lowest BCUT2D eigenvalue weighted by molar-refractivity contribution is 0.616. The fourth-order valence-electron chi connectivity index (χ4n) is 1.51. The highest BCUT2D eigenvalue weighted by molar-refractivity contribution is 7.10. The summed E-state index contributed by atoms with van der Waals surface area (Å²) in [5.41, 5.74) is 0. The topological polar surface area (TPSA) is 12.0 Å². The molecule has 3 heteroatoms. The van der Waals surface area contributed by atoms with Crippen LogP contribution in [0.5, 0.6) is 0 Å². The highest BCUT2D eigenvalue weighted by Gasteiger charge is 2.31.